The number of nitrogens with zero attached hydrogens (tertiary/aromatic N) is 6. The highest BCUT2D eigenvalue weighted by molar-refractivity contribution is 5.91. The van der Waals surface area contributed by atoms with E-state index >= 15 is 0 Å². The lowest BCUT2D eigenvalue weighted by molar-refractivity contribution is -0.130. The van der Waals surface area contributed by atoms with E-state index in [-0.39, 0.29) is 17.6 Å². The van der Waals surface area contributed by atoms with Crippen molar-refractivity contribution in [1.29, 1.82) is 0 Å². The van der Waals surface area contributed by atoms with Crippen LogP contribution < -0.4 is 4.90 Å². The molecule has 3 heterocycles. The minimum absolute atomic E-state index is 0.156. The monoisotopic (exact) mass is 514 g/mol. The zero-order valence-electron chi connectivity index (χ0n) is 22.4. The van der Waals surface area contributed by atoms with Crippen LogP contribution in [0.2, 0.25) is 0 Å². The number of carbonyl (C=O) groups excluding carboxylic acids is 1. The van der Waals surface area contributed by atoms with Crippen molar-refractivity contribution in [1.82, 2.24) is 24.6 Å². The van der Waals surface area contributed by atoms with Crippen molar-refractivity contribution >= 4 is 22.8 Å². The van der Waals surface area contributed by atoms with Crippen molar-refractivity contribution in [3.05, 3.63) is 77.5 Å². The van der Waals surface area contributed by atoms with Crippen molar-refractivity contribution in [2.24, 2.45) is 0 Å². The highest BCUT2D eigenvalue weighted by Crippen LogP contribution is 2.32. The van der Waals surface area contributed by atoms with Gasteiger partial charge in [-0.3, -0.25) is 4.79 Å². The third-order valence-corrected chi connectivity index (χ3v) is 7.28. The number of aryl methyl sites for hydroxylation is 1. The average molecular weight is 515 g/mol. The van der Waals surface area contributed by atoms with Crippen molar-refractivity contribution in [3.8, 4) is 5.69 Å². The van der Waals surface area contributed by atoms with Gasteiger partial charge in [0.15, 0.2) is 5.65 Å². The van der Waals surface area contributed by atoms with Crippen LogP contribution in [0.5, 0.6) is 0 Å². The quantitative estimate of drug-likeness (QED) is 0.328. The molecule has 1 aliphatic heterocycles. The van der Waals surface area contributed by atoms with Crippen LogP contribution in [0.25, 0.3) is 16.7 Å². The van der Waals surface area contributed by atoms with Gasteiger partial charge in [0.25, 0.3) is 0 Å². The SMILES string of the molecule is CCCC(C)c1nc(N2CCCN(C(=O)Cc3ccccc3)CC2)c2c(C)nn(-c3ccc(F)cc3)c2n1. The van der Waals surface area contributed by atoms with Gasteiger partial charge >= 0.3 is 0 Å². The Labute approximate surface area is 223 Å². The molecule has 2 aromatic heterocycles. The fraction of sp³-hybridized carbons (Fsp3) is 0.400. The average Bonchev–Trinajstić information content (AvgIpc) is 3.09. The van der Waals surface area contributed by atoms with E-state index in [2.05, 4.69) is 18.7 Å². The van der Waals surface area contributed by atoms with E-state index in [4.69, 9.17) is 15.1 Å². The van der Waals surface area contributed by atoms with E-state index < -0.39 is 0 Å². The maximum Gasteiger partial charge on any atom is 0.227 e. The zero-order chi connectivity index (χ0) is 26.6. The highest BCUT2D eigenvalue weighted by atomic mass is 19.1. The summed E-state index contributed by atoms with van der Waals surface area (Å²) in [5, 5.41) is 5.71. The molecule has 0 spiro atoms. The van der Waals surface area contributed by atoms with Gasteiger partial charge in [-0.2, -0.15) is 5.10 Å². The number of carbonyl (C=O) groups is 1. The van der Waals surface area contributed by atoms with Crippen LogP contribution in [-0.4, -0.2) is 56.7 Å². The number of hydrogen-bond donors (Lipinski definition) is 0. The maximum absolute atomic E-state index is 13.6. The molecule has 8 heteroatoms. The van der Waals surface area contributed by atoms with Gasteiger partial charge in [-0.25, -0.2) is 19.0 Å². The second-order valence-corrected chi connectivity index (χ2v) is 10.2. The van der Waals surface area contributed by atoms with Crippen LogP contribution in [0.4, 0.5) is 10.2 Å². The molecule has 1 atom stereocenters. The molecular weight excluding hydrogens is 479 g/mol. The van der Waals surface area contributed by atoms with Crippen molar-refractivity contribution in [2.75, 3.05) is 31.1 Å². The Kier molecular flexibility index (Phi) is 7.67. The molecule has 2 aromatic carbocycles. The minimum atomic E-state index is -0.287. The molecule has 0 N–H and O–H groups in total. The van der Waals surface area contributed by atoms with E-state index in [0.29, 0.717) is 19.5 Å². The van der Waals surface area contributed by atoms with Crippen LogP contribution in [-0.2, 0) is 11.2 Å². The molecule has 38 heavy (non-hydrogen) atoms. The Morgan fingerprint density at radius 2 is 1.76 bits per heavy atom. The van der Waals surface area contributed by atoms with E-state index in [1.165, 1.54) is 12.1 Å². The largest absolute Gasteiger partial charge is 0.354 e. The van der Waals surface area contributed by atoms with Gasteiger partial charge in [-0.05, 0) is 49.6 Å². The summed E-state index contributed by atoms with van der Waals surface area (Å²) in [6, 6.07) is 16.2. The number of rotatable bonds is 7. The molecule has 0 radical (unpaired) electrons. The van der Waals surface area contributed by atoms with Gasteiger partial charge in [0.2, 0.25) is 5.91 Å². The zero-order valence-corrected chi connectivity index (χ0v) is 22.4. The number of fused-ring (bicyclic) bond motifs is 1. The molecule has 1 saturated heterocycles. The molecule has 5 rings (SSSR count). The third kappa shape index (κ3) is 5.39. The fourth-order valence-corrected chi connectivity index (χ4v) is 5.21. The molecule has 1 aliphatic rings. The molecule has 198 valence electrons. The summed E-state index contributed by atoms with van der Waals surface area (Å²) < 4.78 is 15.4. The topological polar surface area (TPSA) is 67.2 Å². The third-order valence-electron chi connectivity index (χ3n) is 7.28. The van der Waals surface area contributed by atoms with Gasteiger partial charge in [-0.15, -0.1) is 0 Å². The number of benzene rings is 2. The summed E-state index contributed by atoms with van der Waals surface area (Å²) in [5.41, 5.74) is 3.36. The number of amides is 1. The van der Waals surface area contributed by atoms with Gasteiger partial charge in [0.1, 0.15) is 17.5 Å². The van der Waals surface area contributed by atoms with Gasteiger partial charge in [0, 0.05) is 32.1 Å². The van der Waals surface area contributed by atoms with Gasteiger partial charge in [-0.1, -0.05) is 50.6 Å². The lowest BCUT2D eigenvalue weighted by atomic mass is 10.1. The normalized spacial score (nSPS) is 15.1. The first-order valence-electron chi connectivity index (χ1n) is 13.5. The summed E-state index contributed by atoms with van der Waals surface area (Å²) in [4.78, 5) is 27.4. The van der Waals surface area contributed by atoms with E-state index in [1.54, 1.807) is 16.8 Å². The van der Waals surface area contributed by atoms with E-state index in [9.17, 15) is 9.18 Å². The van der Waals surface area contributed by atoms with Crippen molar-refractivity contribution < 1.29 is 9.18 Å². The second-order valence-electron chi connectivity index (χ2n) is 10.2. The molecule has 1 unspecified atom stereocenters. The van der Waals surface area contributed by atoms with Gasteiger partial charge < -0.3 is 9.80 Å². The van der Waals surface area contributed by atoms with Crippen LogP contribution in [0.3, 0.4) is 0 Å². The summed E-state index contributed by atoms with van der Waals surface area (Å²) >= 11 is 0. The Hall–Kier alpha value is -3.81. The van der Waals surface area contributed by atoms with Crippen molar-refractivity contribution in [2.45, 2.75) is 52.4 Å². The molecule has 1 amide bonds. The molecular formula is C30H35FN6O. The Bertz CT molecular complexity index is 1400. The minimum Gasteiger partial charge on any atom is -0.354 e. The maximum atomic E-state index is 13.6. The van der Waals surface area contributed by atoms with E-state index in [0.717, 1.165) is 72.0 Å². The molecule has 7 nitrogen and oxygen atoms in total. The lowest BCUT2D eigenvalue weighted by Gasteiger charge is -2.24. The first kappa shape index (κ1) is 25.8. The smallest absolute Gasteiger partial charge is 0.227 e. The summed E-state index contributed by atoms with van der Waals surface area (Å²) in [5.74, 6) is 1.72. The first-order valence-corrected chi connectivity index (χ1v) is 13.5. The highest BCUT2D eigenvalue weighted by Gasteiger charge is 2.26. The van der Waals surface area contributed by atoms with Crippen LogP contribution >= 0.6 is 0 Å². The predicted octanol–water partition coefficient (Wildman–Crippen LogP) is 5.45. The first-order chi connectivity index (χ1) is 18.4. The van der Waals surface area contributed by atoms with Crippen LogP contribution in [0.15, 0.2) is 54.6 Å². The predicted molar refractivity (Wildman–Crippen MR) is 148 cm³/mol. The van der Waals surface area contributed by atoms with E-state index in [1.807, 2.05) is 42.2 Å². The summed E-state index contributed by atoms with van der Waals surface area (Å²) in [6.45, 7) is 9.15. The fourth-order valence-electron chi connectivity index (χ4n) is 5.21. The second kappa shape index (κ2) is 11.3. The molecule has 4 aromatic rings. The number of aromatic nitrogens is 4. The molecule has 0 aliphatic carbocycles. The molecule has 1 fully saturated rings. The number of anilines is 1. The van der Waals surface area contributed by atoms with Crippen LogP contribution in [0, 0.1) is 12.7 Å². The Balaban J connectivity index is 1.48. The van der Waals surface area contributed by atoms with Gasteiger partial charge in [0.05, 0.1) is 23.2 Å². The Morgan fingerprint density at radius 1 is 1.00 bits per heavy atom. The summed E-state index contributed by atoms with van der Waals surface area (Å²) in [7, 11) is 0. The van der Waals surface area contributed by atoms with Crippen LogP contribution in [0.1, 0.15) is 56.1 Å². The Morgan fingerprint density at radius 3 is 2.50 bits per heavy atom. The molecule has 0 saturated carbocycles. The lowest BCUT2D eigenvalue weighted by Crippen LogP contribution is -2.36. The summed E-state index contributed by atoms with van der Waals surface area (Å²) in [6.07, 6.45) is 3.30. The standard InChI is InChI=1S/C30H35FN6O/c1-4-9-21(2)28-32-29(27-22(3)34-37(30(27)33-28)25-14-12-24(31)13-15-25)36-17-8-16-35(18-19-36)26(38)20-23-10-6-5-7-11-23/h5-7,10-15,21H,4,8-9,16-20H2,1-3H3. The number of hydrogen-bond acceptors (Lipinski definition) is 5. The number of halogens is 1. The molecule has 0 bridgehead atoms. The van der Waals surface area contributed by atoms with Crippen molar-refractivity contribution in [3.63, 3.8) is 0 Å².